The van der Waals surface area contributed by atoms with Gasteiger partial charge in [0, 0.05) is 16.3 Å². The average Bonchev–Trinajstić information content (AvgIpc) is 3.14. The smallest absolute Gasteiger partial charge is 0.196 e. The van der Waals surface area contributed by atoms with Gasteiger partial charge in [-0.1, -0.05) is 71.9 Å². The van der Waals surface area contributed by atoms with Crippen molar-refractivity contribution in [2.75, 3.05) is 0 Å². The lowest BCUT2D eigenvalue weighted by Gasteiger charge is -2.12. The molecule has 0 spiro atoms. The fourth-order valence-corrected chi connectivity index (χ4v) is 4.00. The molecule has 0 amide bonds. The highest BCUT2D eigenvalue weighted by molar-refractivity contribution is 7.98. The van der Waals surface area contributed by atoms with Crippen LogP contribution in [0.3, 0.4) is 0 Å². The van der Waals surface area contributed by atoms with Gasteiger partial charge in [0.1, 0.15) is 0 Å². The molecule has 5 heteroatoms. The summed E-state index contributed by atoms with van der Waals surface area (Å²) in [6.07, 6.45) is 0. The van der Waals surface area contributed by atoms with Crippen LogP contribution in [0.25, 0.3) is 17.1 Å². The minimum Gasteiger partial charge on any atom is -0.270 e. The fourth-order valence-electron chi connectivity index (χ4n) is 2.96. The summed E-state index contributed by atoms with van der Waals surface area (Å²) < 4.78 is 2.14. The van der Waals surface area contributed by atoms with Gasteiger partial charge in [-0.3, -0.25) is 4.57 Å². The molecule has 0 fully saturated rings. The summed E-state index contributed by atoms with van der Waals surface area (Å²) in [5.41, 5.74) is 5.84. The monoisotopic (exact) mass is 405 g/mol. The van der Waals surface area contributed by atoms with E-state index in [1.165, 1.54) is 16.7 Å². The van der Waals surface area contributed by atoms with Gasteiger partial charge in [0.15, 0.2) is 11.0 Å². The Bertz CT molecular complexity index is 1090. The standard InChI is InChI=1S/C23H20ClN3S/c1-16-8-13-21(14-17(16)2)27-22(19-6-4-3-5-7-19)25-26-23(27)28-15-18-9-11-20(24)12-10-18/h3-14H,15H2,1-2H3. The van der Waals surface area contributed by atoms with Crippen molar-refractivity contribution in [3.8, 4) is 17.1 Å². The van der Waals surface area contributed by atoms with Gasteiger partial charge in [0.25, 0.3) is 0 Å². The zero-order chi connectivity index (χ0) is 19.5. The quantitative estimate of drug-likeness (QED) is 0.355. The number of halogens is 1. The Kier molecular flexibility index (Phi) is 5.51. The Hall–Kier alpha value is -2.56. The molecule has 3 nitrogen and oxygen atoms in total. The van der Waals surface area contributed by atoms with Crippen molar-refractivity contribution >= 4 is 23.4 Å². The van der Waals surface area contributed by atoms with E-state index in [-0.39, 0.29) is 0 Å². The van der Waals surface area contributed by atoms with E-state index in [1.807, 2.05) is 42.5 Å². The summed E-state index contributed by atoms with van der Waals surface area (Å²) in [6.45, 7) is 4.26. The number of rotatable bonds is 5. The highest BCUT2D eigenvalue weighted by Gasteiger charge is 2.16. The molecule has 0 radical (unpaired) electrons. The molecule has 0 bridgehead atoms. The second-order valence-corrected chi connectivity index (χ2v) is 8.07. The van der Waals surface area contributed by atoms with Crippen LogP contribution in [0.4, 0.5) is 0 Å². The molecule has 28 heavy (non-hydrogen) atoms. The van der Waals surface area contributed by atoms with Crippen molar-refractivity contribution < 1.29 is 0 Å². The number of aromatic nitrogens is 3. The van der Waals surface area contributed by atoms with E-state index >= 15 is 0 Å². The first-order valence-electron chi connectivity index (χ1n) is 9.07. The van der Waals surface area contributed by atoms with Gasteiger partial charge >= 0.3 is 0 Å². The van der Waals surface area contributed by atoms with Crippen molar-refractivity contribution in [3.63, 3.8) is 0 Å². The molecule has 4 aromatic rings. The molecule has 0 unspecified atom stereocenters. The van der Waals surface area contributed by atoms with Crippen LogP contribution >= 0.6 is 23.4 Å². The molecule has 1 heterocycles. The van der Waals surface area contributed by atoms with Crippen LogP contribution in [-0.2, 0) is 5.75 Å². The second-order valence-electron chi connectivity index (χ2n) is 6.69. The maximum absolute atomic E-state index is 6.00. The fraction of sp³-hybridized carbons (Fsp3) is 0.130. The Balaban J connectivity index is 1.74. The Morgan fingerprint density at radius 1 is 0.857 bits per heavy atom. The largest absolute Gasteiger partial charge is 0.270 e. The topological polar surface area (TPSA) is 30.7 Å². The SMILES string of the molecule is Cc1ccc(-n2c(SCc3ccc(Cl)cc3)nnc2-c2ccccc2)cc1C. The van der Waals surface area contributed by atoms with Crippen molar-refractivity contribution in [1.29, 1.82) is 0 Å². The van der Waals surface area contributed by atoms with E-state index in [2.05, 4.69) is 58.9 Å². The second kappa shape index (κ2) is 8.21. The maximum atomic E-state index is 6.00. The summed E-state index contributed by atoms with van der Waals surface area (Å²) in [5, 5.41) is 10.6. The van der Waals surface area contributed by atoms with Gasteiger partial charge in [-0.15, -0.1) is 10.2 Å². The zero-order valence-electron chi connectivity index (χ0n) is 15.8. The van der Waals surface area contributed by atoms with Gasteiger partial charge in [-0.05, 0) is 54.8 Å². The molecule has 0 N–H and O–H groups in total. The maximum Gasteiger partial charge on any atom is 0.196 e. The summed E-state index contributed by atoms with van der Waals surface area (Å²) in [7, 11) is 0. The normalized spacial score (nSPS) is 11.0. The van der Waals surface area contributed by atoms with E-state index in [4.69, 9.17) is 11.6 Å². The van der Waals surface area contributed by atoms with E-state index in [1.54, 1.807) is 11.8 Å². The summed E-state index contributed by atoms with van der Waals surface area (Å²) in [5.74, 6) is 1.65. The van der Waals surface area contributed by atoms with E-state index in [9.17, 15) is 0 Å². The van der Waals surface area contributed by atoms with E-state index < -0.39 is 0 Å². The van der Waals surface area contributed by atoms with Gasteiger partial charge in [-0.25, -0.2) is 0 Å². The third kappa shape index (κ3) is 3.98. The molecule has 0 aliphatic carbocycles. The molecule has 1 aromatic heterocycles. The van der Waals surface area contributed by atoms with Crippen LogP contribution in [0.2, 0.25) is 5.02 Å². The van der Waals surface area contributed by atoms with Crippen LogP contribution in [0.1, 0.15) is 16.7 Å². The van der Waals surface area contributed by atoms with Crippen molar-refractivity contribution in [1.82, 2.24) is 14.8 Å². The van der Waals surface area contributed by atoms with E-state index in [0.717, 1.165) is 33.0 Å². The molecule has 0 aliphatic rings. The molecule has 0 saturated carbocycles. The number of hydrogen-bond donors (Lipinski definition) is 0. The molecule has 140 valence electrons. The van der Waals surface area contributed by atoms with Crippen molar-refractivity contribution in [3.05, 3.63) is 94.5 Å². The summed E-state index contributed by atoms with van der Waals surface area (Å²) in [6, 6.07) is 24.6. The lowest BCUT2D eigenvalue weighted by Crippen LogP contribution is -2.01. The molecule has 0 aliphatic heterocycles. The number of aryl methyl sites for hydroxylation is 2. The average molecular weight is 406 g/mol. The molecule has 4 rings (SSSR count). The number of thioether (sulfide) groups is 1. The van der Waals surface area contributed by atoms with Gasteiger partial charge < -0.3 is 0 Å². The minimum atomic E-state index is 0.749. The Labute approximate surface area is 174 Å². The highest BCUT2D eigenvalue weighted by atomic mass is 35.5. The lowest BCUT2D eigenvalue weighted by molar-refractivity contribution is 0.884. The van der Waals surface area contributed by atoms with Crippen LogP contribution in [0, 0.1) is 13.8 Å². The van der Waals surface area contributed by atoms with Crippen LogP contribution < -0.4 is 0 Å². The Morgan fingerprint density at radius 2 is 1.61 bits per heavy atom. The van der Waals surface area contributed by atoms with Gasteiger partial charge in [0.05, 0.1) is 5.69 Å². The minimum absolute atomic E-state index is 0.749. The summed E-state index contributed by atoms with van der Waals surface area (Å²) >= 11 is 7.67. The molecule has 0 atom stereocenters. The first-order chi connectivity index (χ1) is 13.6. The summed E-state index contributed by atoms with van der Waals surface area (Å²) in [4.78, 5) is 0. The molecular weight excluding hydrogens is 386 g/mol. The molecular formula is C23H20ClN3S. The predicted octanol–water partition coefficient (Wildman–Crippen LogP) is 6.50. The number of benzene rings is 3. The van der Waals surface area contributed by atoms with Crippen LogP contribution in [0.15, 0.2) is 78.0 Å². The van der Waals surface area contributed by atoms with Gasteiger partial charge in [-0.2, -0.15) is 0 Å². The van der Waals surface area contributed by atoms with Crippen LogP contribution in [-0.4, -0.2) is 14.8 Å². The van der Waals surface area contributed by atoms with Crippen molar-refractivity contribution in [2.45, 2.75) is 24.8 Å². The molecule has 0 saturated heterocycles. The van der Waals surface area contributed by atoms with Crippen molar-refractivity contribution in [2.24, 2.45) is 0 Å². The van der Waals surface area contributed by atoms with Crippen LogP contribution in [0.5, 0.6) is 0 Å². The predicted molar refractivity (Wildman–Crippen MR) is 117 cm³/mol. The third-order valence-corrected chi connectivity index (χ3v) is 5.95. The lowest BCUT2D eigenvalue weighted by atomic mass is 10.1. The van der Waals surface area contributed by atoms with Gasteiger partial charge in [0.2, 0.25) is 0 Å². The third-order valence-electron chi connectivity index (χ3n) is 4.70. The first-order valence-corrected chi connectivity index (χ1v) is 10.4. The highest BCUT2D eigenvalue weighted by Crippen LogP contribution is 2.30. The van der Waals surface area contributed by atoms with E-state index in [0.29, 0.717) is 0 Å². The first kappa shape index (κ1) is 18.8. The molecule has 3 aromatic carbocycles. The number of hydrogen-bond acceptors (Lipinski definition) is 3. The zero-order valence-corrected chi connectivity index (χ0v) is 17.3. The number of nitrogens with zero attached hydrogens (tertiary/aromatic N) is 3. The Morgan fingerprint density at radius 3 is 2.32 bits per heavy atom.